The number of benzene rings is 3. The standard InChI is InChI=1S/C27H24N4O/c1-18(2)20-12-14-21(15-13-20)26-28-25-24(17-30(29-25)22-9-5-4-6-10-22)27(32)31(26)23-11-7-8-19(3)16-23/h4-18H,1-3H3. The second kappa shape index (κ2) is 7.93. The van der Waals surface area contributed by atoms with Gasteiger partial charge in [0.15, 0.2) is 5.65 Å². The predicted octanol–water partition coefficient (Wildman–Crippen LogP) is 5.67. The van der Waals surface area contributed by atoms with Crippen molar-refractivity contribution in [2.75, 3.05) is 0 Å². The van der Waals surface area contributed by atoms with E-state index in [9.17, 15) is 4.79 Å². The lowest BCUT2D eigenvalue weighted by molar-refractivity contribution is 0.866. The molecule has 0 unspecified atom stereocenters. The van der Waals surface area contributed by atoms with Crippen molar-refractivity contribution >= 4 is 11.0 Å². The molecule has 2 aromatic heterocycles. The first-order valence-corrected chi connectivity index (χ1v) is 10.8. The summed E-state index contributed by atoms with van der Waals surface area (Å²) < 4.78 is 3.40. The number of aryl methyl sites for hydroxylation is 1. The summed E-state index contributed by atoms with van der Waals surface area (Å²) in [5.41, 5.74) is 5.18. The second-order valence-corrected chi connectivity index (χ2v) is 8.34. The molecule has 0 saturated carbocycles. The summed E-state index contributed by atoms with van der Waals surface area (Å²) in [6, 6.07) is 25.9. The Morgan fingerprint density at radius 1 is 0.844 bits per heavy atom. The summed E-state index contributed by atoms with van der Waals surface area (Å²) in [4.78, 5) is 18.6. The molecule has 2 heterocycles. The minimum absolute atomic E-state index is 0.134. The van der Waals surface area contributed by atoms with Gasteiger partial charge in [0.1, 0.15) is 11.2 Å². The van der Waals surface area contributed by atoms with Crippen LogP contribution in [-0.4, -0.2) is 19.3 Å². The van der Waals surface area contributed by atoms with Gasteiger partial charge in [-0.2, -0.15) is 0 Å². The Morgan fingerprint density at radius 2 is 1.56 bits per heavy atom. The second-order valence-electron chi connectivity index (χ2n) is 8.34. The van der Waals surface area contributed by atoms with Crippen LogP contribution in [0.5, 0.6) is 0 Å². The van der Waals surface area contributed by atoms with Crippen LogP contribution in [0.4, 0.5) is 0 Å². The smallest absolute Gasteiger partial charge is 0.268 e. The van der Waals surface area contributed by atoms with Gasteiger partial charge in [0.25, 0.3) is 5.56 Å². The van der Waals surface area contributed by atoms with Crippen LogP contribution in [0.15, 0.2) is 89.9 Å². The van der Waals surface area contributed by atoms with E-state index in [1.165, 1.54) is 5.56 Å². The molecule has 0 saturated heterocycles. The molecule has 0 aliphatic heterocycles. The molecular weight excluding hydrogens is 396 g/mol. The first kappa shape index (κ1) is 19.9. The zero-order chi connectivity index (χ0) is 22.2. The van der Waals surface area contributed by atoms with E-state index < -0.39 is 0 Å². The van der Waals surface area contributed by atoms with Gasteiger partial charge < -0.3 is 0 Å². The maximum absolute atomic E-state index is 13.7. The van der Waals surface area contributed by atoms with Crippen LogP contribution in [-0.2, 0) is 0 Å². The normalized spacial score (nSPS) is 11.4. The van der Waals surface area contributed by atoms with Gasteiger partial charge in [0, 0.05) is 11.8 Å². The highest BCUT2D eigenvalue weighted by molar-refractivity contribution is 5.77. The van der Waals surface area contributed by atoms with Crippen molar-refractivity contribution < 1.29 is 0 Å². The van der Waals surface area contributed by atoms with Crippen LogP contribution in [0.2, 0.25) is 0 Å². The van der Waals surface area contributed by atoms with Crippen LogP contribution in [0.25, 0.3) is 33.8 Å². The molecule has 0 radical (unpaired) electrons. The Balaban J connectivity index is 1.78. The van der Waals surface area contributed by atoms with Crippen molar-refractivity contribution in [2.24, 2.45) is 0 Å². The average Bonchev–Trinajstić information content (AvgIpc) is 3.24. The van der Waals surface area contributed by atoms with E-state index in [-0.39, 0.29) is 5.56 Å². The fourth-order valence-electron chi connectivity index (χ4n) is 3.90. The van der Waals surface area contributed by atoms with Crippen LogP contribution in [0.3, 0.4) is 0 Å². The lowest BCUT2D eigenvalue weighted by Crippen LogP contribution is -2.21. The molecule has 0 aliphatic carbocycles. The maximum Gasteiger partial charge on any atom is 0.269 e. The number of hydrogen-bond acceptors (Lipinski definition) is 3. The molecular formula is C27H24N4O. The molecule has 5 heteroatoms. The van der Waals surface area contributed by atoms with E-state index in [2.05, 4.69) is 31.1 Å². The van der Waals surface area contributed by atoms with Crippen molar-refractivity contribution in [3.63, 3.8) is 0 Å². The molecule has 5 rings (SSSR count). The Labute approximate surface area is 186 Å². The van der Waals surface area contributed by atoms with Gasteiger partial charge in [-0.3, -0.25) is 9.36 Å². The topological polar surface area (TPSA) is 52.7 Å². The SMILES string of the molecule is Cc1cccc(-n2c(-c3ccc(C(C)C)cc3)nc3nn(-c4ccccc4)cc3c2=O)c1. The molecule has 0 fully saturated rings. The lowest BCUT2D eigenvalue weighted by atomic mass is 10.0. The van der Waals surface area contributed by atoms with E-state index in [0.717, 1.165) is 22.5 Å². The molecule has 0 atom stereocenters. The quantitative estimate of drug-likeness (QED) is 0.376. The van der Waals surface area contributed by atoms with Gasteiger partial charge >= 0.3 is 0 Å². The zero-order valence-electron chi connectivity index (χ0n) is 18.4. The average molecular weight is 421 g/mol. The molecule has 3 aromatic carbocycles. The largest absolute Gasteiger partial charge is 0.269 e. The summed E-state index contributed by atoms with van der Waals surface area (Å²) in [5, 5.41) is 5.10. The fraction of sp³-hybridized carbons (Fsp3) is 0.148. The van der Waals surface area contributed by atoms with Crippen LogP contribution >= 0.6 is 0 Å². The number of fused-ring (bicyclic) bond motifs is 1. The van der Waals surface area contributed by atoms with Crippen LogP contribution in [0, 0.1) is 6.92 Å². The molecule has 158 valence electrons. The van der Waals surface area contributed by atoms with E-state index in [1.54, 1.807) is 15.4 Å². The van der Waals surface area contributed by atoms with Gasteiger partial charge in [-0.05, 0) is 48.2 Å². The Hall–Kier alpha value is -3.99. The highest BCUT2D eigenvalue weighted by Gasteiger charge is 2.18. The van der Waals surface area contributed by atoms with Crippen molar-refractivity contribution in [3.05, 3.63) is 107 Å². The minimum Gasteiger partial charge on any atom is -0.268 e. The summed E-state index contributed by atoms with van der Waals surface area (Å²) >= 11 is 0. The van der Waals surface area contributed by atoms with Crippen molar-refractivity contribution in [2.45, 2.75) is 26.7 Å². The summed E-state index contributed by atoms with van der Waals surface area (Å²) in [6.07, 6.45) is 1.76. The van der Waals surface area contributed by atoms with Crippen molar-refractivity contribution in [1.29, 1.82) is 0 Å². The number of rotatable bonds is 4. The number of hydrogen-bond donors (Lipinski definition) is 0. The minimum atomic E-state index is -0.134. The van der Waals surface area contributed by atoms with E-state index in [4.69, 9.17) is 4.98 Å². The molecule has 5 nitrogen and oxygen atoms in total. The van der Waals surface area contributed by atoms with E-state index in [0.29, 0.717) is 22.8 Å². The van der Waals surface area contributed by atoms with Gasteiger partial charge in [-0.15, -0.1) is 5.10 Å². The number of nitrogens with zero attached hydrogens (tertiary/aromatic N) is 4. The first-order valence-electron chi connectivity index (χ1n) is 10.8. The molecule has 0 N–H and O–H groups in total. The zero-order valence-corrected chi connectivity index (χ0v) is 18.4. The molecule has 5 aromatic rings. The number of para-hydroxylation sites is 1. The summed E-state index contributed by atoms with van der Waals surface area (Å²) in [7, 11) is 0. The molecule has 0 amide bonds. The third-order valence-corrected chi connectivity index (χ3v) is 5.67. The summed E-state index contributed by atoms with van der Waals surface area (Å²) in [5.74, 6) is 1.02. The van der Waals surface area contributed by atoms with Crippen molar-refractivity contribution in [1.82, 2.24) is 19.3 Å². The Morgan fingerprint density at radius 3 is 2.25 bits per heavy atom. The van der Waals surface area contributed by atoms with Gasteiger partial charge in [0.2, 0.25) is 0 Å². The maximum atomic E-state index is 13.7. The molecule has 32 heavy (non-hydrogen) atoms. The lowest BCUT2D eigenvalue weighted by Gasteiger charge is -2.14. The van der Waals surface area contributed by atoms with E-state index in [1.807, 2.05) is 73.7 Å². The molecule has 0 aliphatic rings. The first-order chi connectivity index (χ1) is 15.5. The molecule has 0 spiro atoms. The summed E-state index contributed by atoms with van der Waals surface area (Å²) in [6.45, 7) is 6.35. The van der Waals surface area contributed by atoms with Gasteiger partial charge in [-0.25, -0.2) is 9.67 Å². The third kappa shape index (κ3) is 3.52. The Kier molecular flexibility index (Phi) is 4.94. The Bertz CT molecular complexity index is 1460. The van der Waals surface area contributed by atoms with Crippen LogP contribution in [0.1, 0.15) is 30.9 Å². The third-order valence-electron chi connectivity index (χ3n) is 5.67. The van der Waals surface area contributed by atoms with Crippen LogP contribution < -0.4 is 5.56 Å². The van der Waals surface area contributed by atoms with Crippen molar-refractivity contribution in [3.8, 4) is 22.8 Å². The predicted molar refractivity (Wildman–Crippen MR) is 129 cm³/mol. The molecule has 0 bridgehead atoms. The van der Waals surface area contributed by atoms with Gasteiger partial charge in [-0.1, -0.05) is 68.4 Å². The van der Waals surface area contributed by atoms with Gasteiger partial charge in [0.05, 0.1) is 11.4 Å². The fourth-order valence-corrected chi connectivity index (χ4v) is 3.90. The van der Waals surface area contributed by atoms with E-state index >= 15 is 0 Å². The highest BCUT2D eigenvalue weighted by Crippen LogP contribution is 2.25. The number of aromatic nitrogens is 4. The highest BCUT2D eigenvalue weighted by atomic mass is 16.1. The monoisotopic (exact) mass is 420 g/mol.